The molecule has 2 aromatic rings. The normalized spacial score (nSPS) is 10.2. The second kappa shape index (κ2) is 5.79. The van der Waals surface area contributed by atoms with Gasteiger partial charge in [0.05, 0.1) is 4.47 Å². The summed E-state index contributed by atoms with van der Waals surface area (Å²) in [5.41, 5.74) is 3.33. The molecule has 0 fully saturated rings. The molecule has 6 heteroatoms. The van der Waals surface area contributed by atoms with E-state index in [0.29, 0.717) is 22.6 Å². The molecule has 0 saturated heterocycles. The van der Waals surface area contributed by atoms with Gasteiger partial charge in [-0.3, -0.25) is 0 Å². The molecule has 18 heavy (non-hydrogen) atoms. The number of pyridine rings is 1. The van der Waals surface area contributed by atoms with Crippen molar-refractivity contribution < 1.29 is 9.13 Å². The molecule has 0 aliphatic carbocycles. The lowest BCUT2D eigenvalue weighted by atomic mass is 10.3. The molecular formula is C12H11BrFN3O. The highest BCUT2D eigenvalue weighted by atomic mass is 79.9. The van der Waals surface area contributed by atoms with Gasteiger partial charge in [0, 0.05) is 12.3 Å². The monoisotopic (exact) mass is 311 g/mol. The third-order valence-corrected chi connectivity index (χ3v) is 2.91. The first-order chi connectivity index (χ1) is 8.69. The number of halogens is 2. The van der Waals surface area contributed by atoms with E-state index in [1.165, 1.54) is 12.1 Å². The summed E-state index contributed by atoms with van der Waals surface area (Å²) in [4.78, 5) is 3.98. The molecular weight excluding hydrogens is 301 g/mol. The number of anilines is 1. The average molecular weight is 312 g/mol. The summed E-state index contributed by atoms with van der Waals surface area (Å²) in [7, 11) is 0. The number of rotatable bonds is 4. The molecule has 0 saturated carbocycles. The summed E-state index contributed by atoms with van der Waals surface area (Å²) >= 11 is 3.30. The fraction of sp³-hybridized carbons (Fsp3) is 0.0833. The Morgan fingerprint density at radius 2 is 2.17 bits per heavy atom. The zero-order chi connectivity index (χ0) is 13.0. The summed E-state index contributed by atoms with van der Waals surface area (Å²) in [5.74, 6) is 5.92. The zero-order valence-electron chi connectivity index (χ0n) is 9.36. The van der Waals surface area contributed by atoms with Crippen LogP contribution in [-0.4, -0.2) is 4.98 Å². The maximum Gasteiger partial charge on any atom is 0.140 e. The second-order valence-corrected chi connectivity index (χ2v) is 4.41. The van der Waals surface area contributed by atoms with E-state index < -0.39 is 0 Å². The number of aromatic nitrogens is 1. The molecule has 0 atom stereocenters. The number of benzene rings is 1. The molecule has 3 N–H and O–H groups in total. The highest BCUT2D eigenvalue weighted by molar-refractivity contribution is 9.10. The van der Waals surface area contributed by atoms with Gasteiger partial charge >= 0.3 is 0 Å². The lowest BCUT2D eigenvalue weighted by Gasteiger charge is -2.09. The minimum absolute atomic E-state index is 0.305. The summed E-state index contributed by atoms with van der Waals surface area (Å²) in [6.45, 7) is 0.305. The van der Waals surface area contributed by atoms with Gasteiger partial charge in [0.25, 0.3) is 0 Å². The molecule has 0 unspecified atom stereocenters. The number of hydrazine groups is 1. The Labute approximate surface area is 112 Å². The number of hydrogen-bond acceptors (Lipinski definition) is 4. The van der Waals surface area contributed by atoms with Crippen LogP contribution in [0.25, 0.3) is 0 Å². The smallest absolute Gasteiger partial charge is 0.140 e. The maximum absolute atomic E-state index is 13.1. The van der Waals surface area contributed by atoms with Crippen molar-refractivity contribution >= 4 is 21.7 Å². The molecule has 2 rings (SSSR count). The van der Waals surface area contributed by atoms with Crippen LogP contribution in [0.2, 0.25) is 0 Å². The molecule has 1 heterocycles. The van der Waals surface area contributed by atoms with Crippen LogP contribution in [0.5, 0.6) is 5.75 Å². The highest BCUT2D eigenvalue weighted by Gasteiger charge is 2.04. The van der Waals surface area contributed by atoms with Gasteiger partial charge in [-0.15, -0.1) is 0 Å². The minimum Gasteiger partial charge on any atom is -0.488 e. The van der Waals surface area contributed by atoms with Crippen molar-refractivity contribution in [2.75, 3.05) is 5.43 Å². The van der Waals surface area contributed by atoms with Gasteiger partial charge in [0.1, 0.15) is 24.0 Å². The molecule has 1 aromatic heterocycles. The van der Waals surface area contributed by atoms with Gasteiger partial charge in [0.2, 0.25) is 0 Å². The lowest BCUT2D eigenvalue weighted by molar-refractivity contribution is 0.302. The summed E-state index contributed by atoms with van der Waals surface area (Å²) in [6, 6.07) is 7.85. The van der Waals surface area contributed by atoms with E-state index in [0.717, 1.165) is 5.56 Å². The van der Waals surface area contributed by atoms with Crippen molar-refractivity contribution in [1.29, 1.82) is 0 Å². The molecule has 0 bridgehead atoms. The zero-order valence-corrected chi connectivity index (χ0v) is 10.9. The predicted molar refractivity (Wildman–Crippen MR) is 70.5 cm³/mol. The molecule has 4 nitrogen and oxygen atoms in total. The SMILES string of the molecule is NNc1cc(COc2cc(F)ccc2Br)ccn1. The molecule has 0 aliphatic rings. The molecule has 0 spiro atoms. The van der Waals surface area contributed by atoms with Crippen LogP contribution in [0, 0.1) is 5.82 Å². The molecule has 0 aliphatic heterocycles. The van der Waals surface area contributed by atoms with E-state index in [1.54, 1.807) is 24.4 Å². The third kappa shape index (κ3) is 3.18. The highest BCUT2D eigenvalue weighted by Crippen LogP contribution is 2.26. The standard InChI is InChI=1S/C12H11BrFN3O/c13-10-2-1-9(14)6-11(10)18-7-8-3-4-16-12(5-8)17-15/h1-6H,7,15H2,(H,16,17). The summed E-state index contributed by atoms with van der Waals surface area (Å²) in [5, 5.41) is 0. The molecule has 1 aromatic carbocycles. The van der Waals surface area contributed by atoms with Gasteiger partial charge in [0.15, 0.2) is 0 Å². The van der Waals surface area contributed by atoms with Gasteiger partial charge < -0.3 is 10.2 Å². The van der Waals surface area contributed by atoms with Crippen molar-refractivity contribution in [3.8, 4) is 5.75 Å². The summed E-state index contributed by atoms with van der Waals surface area (Å²) in [6.07, 6.45) is 1.62. The first kappa shape index (κ1) is 12.8. The fourth-order valence-corrected chi connectivity index (χ4v) is 1.75. The van der Waals surface area contributed by atoms with E-state index in [-0.39, 0.29) is 5.82 Å². The third-order valence-electron chi connectivity index (χ3n) is 2.26. The molecule has 0 amide bonds. The number of nitrogens with one attached hydrogen (secondary N) is 1. The van der Waals surface area contributed by atoms with E-state index in [2.05, 4.69) is 26.3 Å². The largest absolute Gasteiger partial charge is 0.488 e. The van der Waals surface area contributed by atoms with Crippen LogP contribution in [-0.2, 0) is 6.61 Å². The first-order valence-electron chi connectivity index (χ1n) is 5.18. The van der Waals surface area contributed by atoms with Crippen LogP contribution in [0.1, 0.15) is 5.56 Å². The van der Waals surface area contributed by atoms with Crippen molar-refractivity contribution in [3.63, 3.8) is 0 Å². The van der Waals surface area contributed by atoms with Crippen LogP contribution in [0.3, 0.4) is 0 Å². The van der Waals surface area contributed by atoms with Crippen molar-refractivity contribution in [2.24, 2.45) is 5.84 Å². The van der Waals surface area contributed by atoms with Crippen molar-refractivity contribution in [1.82, 2.24) is 4.98 Å². The Balaban J connectivity index is 2.08. The van der Waals surface area contributed by atoms with Crippen molar-refractivity contribution in [2.45, 2.75) is 6.61 Å². The van der Waals surface area contributed by atoms with Crippen LogP contribution in [0.15, 0.2) is 41.0 Å². The Morgan fingerprint density at radius 3 is 2.94 bits per heavy atom. The Morgan fingerprint density at radius 1 is 1.33 bits per heavy atom. The quantitative estimate of drug-likeness (QED) is 0.673. The fourth-order valence-electron chi connectivity index (χ4n) is 1.39. The number of nitrogen functional groups attached to an aromatic ring is 1. The van der Waals surface area contributed by atoms with Gasteiger partial charge in [-0.05, 0) is 45.8 Å². The van der Waals surface area contributed by atoms with Crippen LogP contribution in [0.4, 0.5) is 10.2 Å². The van der Waals surface area contributed by atoms with Crippen molar-refractivity contribution in [3.05, 3.63) is 52.4 Å². The second-order valence-electron chi connectivity index (χ2n) is 3.56. The minimum atomic E-state index is -0.341. The Hall–Kier alpha value is -1.66. The van der Waals surface area contributed by atoms with E-state index >= 15 is 0 Å². The lowest BCUT2D eigenvalue weighted by Crippen LogP contribution is -2.09. The number of nitrogens with two attached hydrogens (primary N) is 1. The topological polar surface area (TPSA) is 60.2 Å². The van der Waals surface area contributed by atoms with Crippen LogP contribution >= 0.6 is 15.9 Å². The number of nitrogens with zero attached hydrogens (tertiary/aromatic N) is 1. The van der Waals surface area contributed by atoms with E-state index in [9.17, 15) is 4.39 Å². The molecule has 94 valence electrons. The van der Waals surface area contributed by atoms with Crippen LogP contribution < -0.4 is 16.0 Å². The maximum atomic E-state index is 13.1. The van der Waals surface area contributed by atoms with E-state index in [4.69, 9.17) is 10.6 Å². The van der Waals surface area contributed by atoms with E-state index in [1.807, 2.05) is 0 Å². The van der Waals surface area contributed by atoms with Gasteiger partial charge in [-0.25, -0.2) is 15.2 Å². The Bertz CT molecular complexity index is 551. The molecule has 0 radical (unpaired) electrons. The van der Waals surface area contributed by atoms with Gasteiger partial charge in [-0.2, -0.15) is 0 Å². The summed E-state index contributed by atoms with van der Waals surface area (Å²) < 4.78 is 19.3. The Kier molecular flexibility index (Phi) is 4.11. The number of ether oxygens (including phenoxy) is 1. The predicted octanol–water partition coefficient (Wildman–Crippen LogP) is 2.85. The number of hydrogen-bond donors (Lipinski definition) is 2. The van der Waals surface area contributed by atoms with Gasteiger partial charge in [-0.1, -0.05) is 0 Å². The average Bonchev–Trinajstić information content (AvgIpc) is 2.40. The first-order valence-corrected chi connectivity index (χ1v) is 5.98.